The lowest BCUT2D eigenvalue weighted by atomic mass is 10.1. The number of nitrogens with one attached hydrogen (secondary N) is 1. The average molecular weight is 445 g/mol. The van der Waals surface area contributed by atoms with Crippen molar-refractivity contribution in [3.8, 4) is 17.0 Å². The predicted octanol–water partition coefficient (Wildman–Crippen LogP) is 4.77. The zero-order chi connectivity index (χ0) is 22.9. The van der Waals surface area contributed by atoms with Crippen LogP contribution in [-0.2, 0) is 16.1 Å². The number of para-hydroxylation sites is 1. The minimum Gasteiger partial charge on any atom is -0.491 e. The number of halogens is 1. The van der Waals surface area contributed by atoms with Gasteiger partial charge in [-0.05, 0) is 42.0 Å². The number of anilines is 1. The molecule has 0 fully saturated rings. The van der Waals surface area contributed by atoms with Gasteiger partial charge in [0.1, 0.15) is 36.3 Å². The molecule has 0 aliphatic carbocycles. The second-order valence-corrected chi connectivity index (χ2v) is 7.32. The molecule has 6 nitrogen and oxygen atoms in total. The minimum atomic E-state index is -0.334. The summed E-state index contributed by atoms with van der Waals surface area (Å²) in [5.74, 6) is 0.631. The van der Waals surface area contributed by atoms with E-state index in [1.54, 1.807) is 18.5 Å². The molecule has 0 radical (unpaired) electrons. The molecule has 4 aromatic rings. The topological polar surface area (TPSA) is 65.4 Å². The summed E-state index contributed by atoms with van der Waals surface area (Å²) in [5.41, 5.74) is 2.33. The van der Waals surface area contributed by atoms with Gasteiger partial charge in [-0.2, -0.15) is 0 Å². The summed E-state index contributed by atoms with van der Waals surface area (Å²) < 4.78 is 26.3. The number of hydrogen-bond acceptors (Lipinski definition) is 4. The zero-order valence-corrected chi connectivity index (χ0v) is 18.0. The van der Waals surface area contributed by atoms with Gasteiger partial charge in [-0.15, -0.1) is 0 Å². The van der Waals surface area contributed by atoms with Gasteiger partial charge < -0.3 is 19.4 Å². The lowest BCUT2D eigenvalue weighted by Gasteiger charge is -2.12. The van der Waals surface area contributed by atoms with Crippen LogP contribution in [0.3, 0.4) is 0 Å². The number of imidazole rings is 1. The Bertz CT molecular complexity index is 1160. The Balaban J connectivity index is 1.41. The Morgan fingerprint density at radius 2 is 1.61 bits per heavy atom. The van der Waals surface area contributed by atoms with E-state index in [9.17, 15) is 9.18 Å². The fraction of sp³-hybridized carbons (Fsp3) is 0.154. The highest BCUT2D eigenvalue weighted by Gasteiger charge is 2.16. The molecule has 0 unspecified atom stereocenters. The molecule has 0 saturated carbocycles. The van der Waals surface area contributed by atoms with E-state index in [1.165, 1.54) is 12.1 Å². The molecule has 0 spiro atoms. The second-order valence-electron chi connectivity index (χ2n) is 7.32. The average Bonchev–Trinajstić information content (AvgIpc) is 3.22. The number of nitrogens with zero attached hydrogens (tertiary/aromatic N) is 2. The van der Waals surface area contributed by atoms with Crippen LogP contribution in [0.2, 0.25) is 0 Å². The largest absolute Gasteiger partial charge is 0.491 e. The first-order valence-electron chi connectivity index (χ1n) is 10.6. The molecule has 0 aliphatic rings. The standard InChI is InChI=1S/C26H24FN3O3/c27-22-13-11-21(12-14-22)25-26(30(19-28-25)17-20-7-3-1-4-8-20)29-24(31)18-32-15-16-33-23-9-5-2-6-10-23/h1-14,19H,15-18H2,(H,29,31). The number of ether oxygens (including phenoxy) is 2. The van der Waals surface area contributed by atoms with E-state index in [0.29, 0.717) is 30.2 Å². The van der Waals surface area contributed by atoms with E-state index < -0.39 is 0 Å². The first-order valence-corrected chi connectivity index (χ1v) is 10.6. The monoisotopic (exact) mass is 445 g/mol. The Hall–Kier alpha value is -3.97. The number of benzene rings is 3. The lowest BCUT2D eigenvalue weighted by molar-refractivity contribution is -0.120. The summed E-state index contributed by atoms with van der Waals surface area (Å²) >= 11 is 0. The minimum absolute atomic E-state index is 0.127. The number of rotatable bonds is 10. The summed E-state index contributed by atoms with van der Waals surface area (Å²) in [4.78, 5) is 17.1. The number of amides is 1. The Morgan fingerprint density at radius 1 is 0.909 bits per heavy atom. The maximum absolute atomic E-state index is 13.4. The molecule has 1 aromatic heterocycles. The van der Waals surface area contributed by atoms with Crippen molar-refractivity contribution >= 4 is 11.7 Å². The van der Waals surface area contributed by atoms with Crippen LogP contribution in [0.25, 0.3) is 11.3 Å². The van der Waals surface area contributed by atoms with Crippen LogP contribution in [0.5, 0.6) is 5.75 Å². The molecule has 0 aliphatic heterocycles. The van der Waals surface area contributed by atoms with E-state index in [0.717, 1.165) is 11.3 Å². The van der Waals surface area contributed by atoms with Gasteiger partial charge in [0.05, 0.1) is 19.5 Å². The van der Waals surface area contributed by atoms with Crippen molar-refractivity contribution in [1.29, 1.82) is 0 Å². The number of carbonyl (C=O) groups excluding carboxylic acids is 1. The SMILES string of the molecule is O=C(COCCOc1ccccc1)Nc1c(-c2ccc(F)cc2)ncn1Cc1ccccc1. The van der Waals surface area contributed by atoms with Gasteiger partial charge in [-0.1, -0.05) is 48.5 Å². The van der Waals surface area contributed by atoms with Crippen LogP contribution in [0.4, 0.5) is 10.2 Å². The Morgan fingerprint density at radius 3 is 2.33 bits per heavy atom. The fourth-order valence-corrected chi connectivity index (χ4v) is 3.30. The van der Waals surface area contributed by atoms with Crippen molar-refractivity contribution in [2.24, 2.45) is 0 Å². The van der Waals surface area contributed by atoms with Crippen LogP contribution in [0.1, 0.15) is 5.56 Å². The normalized spacial score (nSPS) is 10.7. The van der Waals surface area contributed by atoms with Gasteiger partial charge >= 0.3 is 0 Å². The highest BCUT2D eigenvalue weighted by Crippen LogP contribution is 2.27. The molecular formula is C26H24FN3O3. The van der Waals surface area contributed by atoms with Crippen molar-refractivity contribution in [1.82, 2.24) is 9.55 Å². The van der Waals surface area contributed by atoms with E-state index in [4.69, 9.17) is 9.47 Å². The number of hydrogen-bond donors (Lipinski definition) is 1. The third kappa shape index (κ3) is 6.27. The molecule has 0 bridgehead atoms. The Labute approximate surface area is 191 Å². The van der Waals surface area contributed by atoms with Gasteiger partial charge in [0, 0.05) is 5.56 Å². The van der Waals surface area contributed by atoms with Crippen LogP contribution in [-0.4, -0.2) is 35.3 Å². The van der Waals surface area contributed by atoms with Gasteiger partial charge in [0.2, 0.25) is 0 Å². The first kappa shape index (κ1) is 22.2. The summed E-state index contributed by atoms with van der Waals surface area (Å²) in [6.45, 7) is 1.01. The molecule has 0 atom stereocenters. The molecular weight excluding hydrogens is 421 g/mol. The number of aromatic nitrogens is 2. The summed E-state index contributed by atoms with van der Waals surface area (Å²) in [6.07, 6.45) is 1.66. The maximum atomic E-state index is 13.4. The molecule has 7 heteroatoms. The van der Waals surface area contributed by atoms with Crippen LogP contribution in [0.15, 0.2) is 91.3 Å². The molecule has 1 amide bonds. The number of carbonyl (C=O) groups is 1. The molecule has 4 rings (SSSR count). The quantitative estimate of drug-likeness (QED) is 0.357. The van der Waals surface area contributed by atoms with E-state index in [-0.39, 0.29) is 24.9 Å². The molecule has 1 heterocycles. The summed E-state index contributed by atoms with van der Waals surface area (Å²) in [6, 6.07) is 25.3. The molecule has 0 saturated heterocycles. The van der Waals surface area contributed by atoms with Crippen LogP contribution in [0, 0.1) is 5.82 Å². The highest BCUT2D eigenvalue weighted by atomic mass is 19.1. The molecule has 168 valence electrons. The van der Waals surface area contributed by atoms with Crippen molar-refractivity contribution in [3.05, 3.63) is 103 Å². The summed E-state index contributed by atoms with van der Waals surface area (Å²) in [5, 5.41) is 2.90. The van der Waals surface area contributed by atoms with Crippen molar-refractivity contribution in [3.63, 3.8) is 0 Å². The van der Waals surface area contributed by atoms with Crippen LogP contribution >= 0.6 is 0 Å². The van der Waals surface area contributed by atoms with E-state index >= 15 is 0 Å². The maximum Gasteiger partial charge on any atom is 0.251 e. The van der Waals surface area contributed by atoms with E-state index in [1.807, 2.05) is 65.2 Å². The third-order valence-corrected chi connectivity index (χ3v) is 4.88. The third-order valence-electron chi connectivity index (χ3n) is 4.88. The molecule has 33 heavy (non-hydrogen) atoms. The zero-order valence-electron chi connectivity index (χ0n) is 18.0. The molecule has 1 N–H and O–H groups in total. The first-order chi connectivity index (χ1) is 16.2. The lowest BCUT2D eigenvalue weighted by Crippen LogP contribution is -2.22. The van der Waals surface area contributed by atoms with Gasteiger partial charge in [-0.25, -0.2) is 9.37 Å². The van der Waals surface area contributed by atoms with Gasteiger partial charge in [0.15, 0.2) is 0 Å². The van der Waals surface area contributed by atoms with E-state index in [2.05, 4.69) is 10.3 Å². The van der Waals surface area contributed by atoms with Gasteiger partial charge in [0.25, 0.3) is 5.91 Å². The smallest absolute Gasteiger partial charge is 0.251 e. The van der Waals surface area contributed by atoms with Gasteiger partial charge in [-0.3, -0.25) is 4.79 Å². The fourth-order valence-electron chi connectivity index (χ4n) is 3.30. The molecule has 3 aromatic carbocycles. The second kappa shape index (κ2) is 11.1. The van der Waals surface area contributed by atoms with Crippen molar-refractivity contribution < 1.29 is 18.7 Å². The van der Waals surface area contributed by atoms with Crippen LogP contribution < -0.4 is 10.1 Å². The summed E-state index contributed by atoms with van der Waals surface area (Å²) in [7, 11) is 0. The highest BCUT2D eigenvalue weighted by molar-refractivity contribution is 5.94. The van der Waals surface area contributed by atoms with Crippen molar-refractivity contribution in [2.45, 2.75) is 6.54 Å². The Kier molecular flexibility index (Phi) is 7.45. The van der Waals surface area contributed by atoms with Crippen molar-refractivity contribution in [2.75, 3.05) is 25.1 Å². The predicted molar refractivity (Wildman–Crippen MR) is 125 cm³/mol.